The predicted molar refractivity (Wildman–Crippen MR) is 98.3 cm³/mol. The molecule has 0 saturated carbocycles. The molecule has 8 heteroatoms. The first-order chi connectivity index (χ1) is 11.9. The number of rotatable bonds is 4. The molecule has 0 radical (unpaired) electrons. The van der Waals surface area contributed by atoms with Gasteiger partial charge < -0.3 is 11.1 Å². The number of hydrogen-bond donors (Lipinski definition) is 2. The lowest BCUT2D eigenvalue weighted by atomic mass is 10.2. The summed E-state index contributed by atoms with van der Waals surface area (Å²) in [5.74, 6) is -0.378. The molecular formula is C17H18ClN3O3S. The highest BCUT2D eigenvalue weighted by Crippen LogP contribution is 2.25. The molecule has 1 aliphatic rings. The summed E-state index contributed by atoms with van der Waals surface area (Å²) in [7, 11) is -3.48. The summed E-state index contributed by atoms with van der Waals surface area (Å²) in [5, 5.41) is 3.02. The Kier molecular flexibility index (Phi) is 4.99. The van der Waals surface area contributed by atoms with Gasteiger partial charge in [-0.1, -0.05) is 11.6 Å². The molecule has 2 aromatic carbocycles. The maximum Gasteiger partial charge on any atom is 0.255 e. The van der Waals surface area contributed by atoms with Crippen LogP contribution in [-0.2, 0) is 10.0 Å². The van der Waals surface area contributed by atoms with Crippen molar-refractivity contribution in [2.75, 3.05) is 24.1 Å². The van der Waals surface area contributed by atoms with E-state index in [-0.39, 0.29) is 10.8 Å². The Morgan fingerprint density at radius 3 is 2.32 bits per heavy atom. The van der Waals surface area contributed by atoms with Crippen LogP contribution in [0.2, 0.25) is 5.02 Å². The van der Waals surface area contributed by atoms with Crippen molar-refractivity contribution in [3.05, 3.63) is 53.1 Å². The fraction of sp³-hybridized carbons (Fsp3) is 0.235. The van der Waals surface area contributed by atoms with Crippen LogP contribution >= 0.6 is 11.6 Å². The van der Waals surface area contributed by atoms with Crippen LogP contribution in [0.5, 0.6) is 0 Å². The summed E-state index contributed by atoms with van der Waals surface area (Å²) in [6.07, 6.45) is 1.75. The van der Waals surface area contributed by atoms with Gasteiger partial charge in [0.05, 0.1) is 15.6 Å². The zero-order valence-electron chi connectivity index (χ0n) is 13.4. The number of benzene rings is 2. The van der Waals surface area contributed by atoms with E-state index in [9.17, 15) is 13.2 Å². The monoisotopic (exact) mass is 379 g/mol. The third kappa shape index (κ3) is 3.78. The minimum absolute atomic E-state index is 0.191. The van der Waals surface area contributed by atoms with Crippen LogP contribution in [0.15, 0.2) is 47.4 Å². The lowest BCUT2D eigenvalue weighted by Crippen LogP contribution is -2.27. The van der Waals surface area contributed by atoms with Gasteiger partial charge in [-0.05, 0) is 55.3 Å². The largest absolute Gasteiger partial charge is 0.399 e. The molecule has 0 aliphatic carbocycles. The topological polar surface area (TPSA) is 92.5 Å². The number of hydrogen-bond acceptors (Lipinski definition) is 4. The predicted octanol–water partition coefficient (Wildman–Crippen LogP) is 2.96. The Balaban J connectivity index is 1.76. The average molecular weight is 380 g/mol. The summed E-state index contributed by atoms with van der Waals surface area (Å²) >= 11 is 6.04. The SMILES string of the molecule is Nc1ccc(NC(=O)c2ccc(S(=O)(=O)N3CCCC3)cc2)c(Cl)c1. The van der Waals surface area contributed by atoms with E-state index in [0.29, 0.717) is 35.1 Å². The van der Waals surface area contributed by atoms with Gasteiger partial charge in [0.15, 0.2) is 0 Å². The van der Waals surface area contributed by atoms with Crippen molar-refractivity contribution in [1.29, 1.82) is 0 Å². The summed E-state index contributed by atoms with van der Waals surface area (Å²) < 4.78 is 26.4. The van der Waals surface area contributed by atoms with Crippen molar-refractivity contribution in [3.8, 4) is 0 Å². The molecule has 132 valence electrons. The fourth-order valence-electron chi connectivity index (χ4n) is 2.68. The highest BCUT2D eigenvalue weighted by atomic mass is 35.5. The van der Waals surface area contributed by atoms with Crippen LogP contribution < -0.4 is 11.1 Å². The number of amides is 1. The Bertz CT molecular complexity index is 892. The van der Waals surface area contributed by atoms with E-state index < -0.39 is 10.0 Å². The number of nitrogens with zero attached hydrogens (tertiary/aromatic N) is 1. The number of nitrogens with two attached hydrogens (primary N) is 1. The van der Waals surface area contributed by atoms with E-state index in [1.54, 1.807) is 18.2 Å². The molecule has 2 aromatic rings. The van der Waals surface area contributed by atoms with E-state index in [1.807, 2.05) is 0 Å². The van der Waals surface area contributed by atoms with E-state index >= 15 is 0 Å². The molecular weight excluding hydrogens is 362 g/mol. The maximum atomic E-state index is 12.5. The lowest BCUT2D eigenvalue weighted by molar-refractivity contribution is 0.102. The van der Waals surface area contributed by atoms with Crippen molar-refractivity contribution in [1.82, 2.24) is 4.31 Å². The number of carbonyl (C=O) groups excluding carboxylic acids is 1. The normalized spacial score (nSPS) is 15.2. The molecule has 3 rings (SSSR count). The van der Waals surface area contributed by atoms with Gasteiger partial charge in [0.1, 0.15) is 0 Å². The van der Waals surface area contributed by atoms with Gasteiger partial charge in [0, 0.05) is 24.3 Å². The Morgan fingerprint density at radius 2 is 1.72 bits per heavy atom. The molecule has 0 atom stereocenters. The molecule has 0 unspecified atom stereocenters. The van der Waals surface area contributed by atoms with Crippen LogP contribution in [0.4, 0.5) is 11.4 Å². The van der Waals surface area contributed by atoms with Gasteiger partial charge in [-0.3, -0.25) is 4.79 Å². The van der Waals surface area contributed by atoms with Crippen LogP contribution in [0.25, 0.3) is 0 Å². The van der Waals surface area contributed by atoms with Crippen molar-refractivity contribution in [2.24, 2.45) is 0 Å². The summed E-state index contributed by atoms with van der Waals surface area (Å²) in [6, 6.07) is 10.7. The van der Waals surface area contributed by atoms with Gasteiger partial charge in [-0.25, -0.2) is 8.42 Å². The van der Waals surface area contributed by atoms with Crippen molar-refractivity contribution in [2.45, 2.75) is 17.7 Å². The first kappa shape index (κ1) is 17.7. The van der Waals surface area contributed by atoms with Gasteiger partial charge in [-0.2, -0.15) is 4.31 Å². The Hall–Kier alpha value is -2.09. The van der Waals surface area contributed by atoms with Gasteiger partial charge in [-0.15, -0.1) is 0 Å². The number of carbonyl (C=O) groups is 1. The first-order valence-corrected chi connectivity index (χ1v) is 9.66. The number of anilines is 2. The molecule has 1 amide bonds. The Morgan fingerprint density at radius 1 is 1.08 bits per heavy atom. The summed E-state index contributed by atoms with van der Waals surface area (Å²) in [4.78, 5) is 12.5. The third-order valence-electron chi connectivity index (χ3n) is 4.06. The van der Waals surface area contributed by atoms with Crippen LogP contribution in [-0.4, -0.2) is 31.7 Å². The zero-order chi connectivity index (χ0) is 18.0. The third-order valence-corrected chi connectivity index (χ3v) is 6.29. The first-order valence-electron chi connectivity index (χ1n) is 7.84. The van der Waals surface area contributed by atoms with E-state index in [1.165, 1.54) is 28.6 Å². The van der Waals surface area contributed by atoms with Crippen LogP contribution in [0, 0.1) is 0 Å². The van der Waals surface area contributed by atoms with Gasteiger partial charge in [0.2, 0.25) is 10.0 Å². The minimum atomic E-state index is -3.48. The molecule has 1 saturated heterocycles. The van der Waals surface area contributed by atoms with Gasteiger partial charge >= 0.3 is 0 Å². The van der Waals surface area contributed by atoms with E-state index in [4.69, 9.17) is 17.3 Å². The zero-order valence-corrected chi connectivity index (χ0v) is 15.0. The second-order valence-corrected chi connectivity index (χ2v) is 8.17. The fourth-order valence-corrected chi connectivity index (χ4v) is 4.44. The molecule has 1 aliphatic heterocycles. The standard InChI is InChI=1S/C17H18ClN3O3S/c18-15-11-13(19)5-8-16(15)20-17(22)12-3-6-14(7-4-12)25(23,24)21-9-1-2-10-21/h3-8,11H,1-2,9-10,19H2,(H,20,22). The molecule has 1 fully saturated rings. The van der Waals surface area contributed by atoms with E-state index in [0.717, 1.165) is 12.8 Å². The van der Waals surface area contributed by atoms with Gasteiger partial charge in [0.25, 0.3) is 5.91 Å². The smallest absolute Gasteiger partial charge is 0.255 e. The molecule has 1 heterocycles. The highest BCUT2D eigenvalue weighted by molar-refractivity contribution is 7.89. The molecule has 0 bridgehead atoms. The molecule has 0 aromatic heterocycles. The van der Waals surface area contributed by atoms with E-state index in [2.05, 4.69) is 5.32 Å². The van der Waals surface area contributed by atoms with Crippen molar-refractivity contribution in [3.63, 3.8) is 0 Å². The number of nitrogens with one attached hydrogen (secondary N) is 1. The molecule has 25 heavy (non-hydrogen) atoms. The Labute approximate surface area is 151 Å². The highest BCUT2D eigenvalue weighted by Gasteiger charge is 2.27. The molecule has 3 N–H and O–H groups in total. The second-order valence-electron chi connectivity index (χ2n) is 5.83. The van der Waals surface area contributed by atoms with Crippen molar-refractivity contribution < 1.29 is 13.2 Å². The summed E-state index contributed by atoms with van der Waals surface area (Å²) in [6.45, 7) is 1.08. The number of nitrogen functional groups attached to an aromatic ring is 1. The number of sulfonamides is 1. The molecule has 0 spiro atoms. The maximum absolute atomic E-state index is 12.5. The van der Waals surface area contributed by atoms with Crippen molar-refractivity contribution >= 4 is 38.9 Å². The minimum Gasteiger partial charge on any atom is -0.399 e. The number of halogens is 1. The molecule has 6 nitrogen and oxygen atoms in total. The van der Waals surface area contributed by atoms with Crippen LogP contribution in [0.1, 0.15) is 23.2 Å². The summed E-state index contributed by atoms with van der Waals surface area (Å²) in [5.41, 5.74) is 6.90. The van der Waals surface area contributed by atoms with Crippen LogP contribution in [0.3, 0.4) is 0 Å². The second kappa shape index (κ2) is 7.03. The average Bonchev–Trinajstić information content (AvgIpc) is 3.13. The quantitative estimate of drug-likeness (QED) is 0.799. The lowest BCUT2D eigenvalue weighted by Gasteiger charge is -2.15.